The van der Waals surface area contributed by atoms with E-state index in [0.29, 0.717) is 46.2 Å². The van der Waals surface area contributed by atoms with Gasteiger partial charge in [-0.3, -0.25) is 19.3 Å². The summed E-state index contributed by atoms with van der Waals surface area (Å²) in [5.41, 5.74) is 1.05. The second-order valence-electron chi connectivity index (χ2n) is 6.71. The first kappa shape index (κ1) is 20.1. The van der Waals surface area contributed by atoms with Crippen molar-refractivity contribution in [3.8, 4) is 0 Å². The minimum Gasteiger partial charge on any atom is -0.469 e. The number of thioether (sulfide) groups is 1. The van der Waals surface area contributed by atoms with Crippen LogP contribution in [0.15, 0.2) is 46.0 Å². The van der Waals surface area contributed by atoms with Gasteiger partial charge < -0.3 is 9.15 Å². The first-order valence-electron chi connectivity index (χ1n) is 9.48. The monoisotopic (exact) mass is 425 g/mol. The van der Waals surface area contributed by atoms with Crippen LogP contribution in [0.2, 0.25) is 0 Å². The molecule has 0 unspecified atom stereocenters. The molecule has 3 aromatic rings. The molecule has 30 heavy (non-hydrogen) atoms. The van der Waals surface area contributed by atoms with Gasteiger partial charge in [0.2, 0.25) is 5.89 Å². The Morgan fingerprint density at radius 1 is 1.10 bits per heavy atom. The van der Waals surface area contributed by atoms with Gasteiger partial charge in [0.25, 0.3) is 17.0 Å². The van der Waals surface area contributed by atoms with Crippen LogP contribution in [0.3, 0.4) is 0 Å². The van der Waals surface area contributed by atoms with Gasteiger partial charge in [-0.25, -0.2) is 0 Å². The Morgan fingerprint density at radius 3 is 2.47 bits per heavy atom. The number of carbonyl (C=O) groups excluding carboxylic acids is 3. The Hall–Kier alpha value is -3.20. The van der Waals surface area contributed by atoms with E-state index in [2.05, 4.69) is 14.9 Å². The van der Waals surface area contributed by atoms with Gasteiger partial charge in [0.05, 0.1) is 7.11 Å². The lowest BCUT2D eigenvalue weighted by molar-refractivity contribution is -0.140. The van der Waals surface area contributed by atoms with E-state index < -0.39 is 0 Å². The summed E-state index contributed by atoms with van der Waals surface area (Å²) in [5.74, 6) is 0.0983. The molecule has 2 heterocycles. The fraction of sp³-hybridized carbons (Fsp3) is 0.286. The zero-order valence-corrected chi connectivity index (χ0v) is 17.1. The topological polar surface area (TPSA) is 103 Å². The van der Waals surface area contributed by atoms with Crippen molar-refractivity contribution in [1.82, 2.24) is 15.1 Å². The molecule has 154 valence electrons. The van der Waals surface area contributed by atoms with Crippen molar-refractivity contribution >= 4 is 40.3 Å². The maximum Gasteiger partial charge on any atom is 0.305 e. The van der Waals surface area contributed by atoms with Gasteiger partial charge in [-0.1, -0.05) is 36.0 Å². The summed E-state index contributed by atoms with van der Waals surface area (Å²) in [5, 5.41) is 9.91. The molecule has 2 aromatic carbocycles. The molecule has 2 amide bonds. The number of nitrogens with zero attached hydrogens (tertiary/aromatic N) is 3. The molecule has 0 N–H and O–H groups in total. The zero-order valence-electron chi connectivity index (χ0n) is 16.3. The molecule has 9 heteroatoms. The molecule has 1 aliphatic rings. The van der Waals surface area contributed by atoms with Crippen LogP contribution in [0.5, 0.6) is 0 Å². The predicted octanol–water partition coefficient (Wildman–Crippen LogP) is 3.11. The number of benzene rings is 2. The average molecular weight is 425 g/mol. The van der Waals surface area contributed by atoms with Crippen molar-refractivity contribution in [3.63, 3.8) is 0 Å². The molecule has 0 atom stereocenters. The third kappa shape index (κ3) is 3.93. The van der Waals surface area contributed by atoms with Crippen LogP contribution in [0.4, 0.5) is 0 Å². The van der Waals surface area contributed by atoms with Crippen LogP contribution in [0.1, 0.15) is 39.4 Å². The maximum atomic E-state index is 12.9. The van der Waals surface area contributed by atoms with Gasteiger partial charge in [0.1, 0.15) is 0 Å². The maximum absolute atomic E-state index is 12.9. The van der Waals surface area contributed by atoms with Crippen molar-refractivity contribution < 1.29 is 23.5 Å². The fourth-order valence-corrected chi connectivity index (χ4v) is 4.08. The average Bonchev–Trinajstić information content (AvgIpc) is 3.22. The molecule has 0 spiro atoms. The smallest absolute Gasteiger partial charge is 0.305 e. The van der Waals surface area contributed by atoms with Crippen LogP contribution in [0, 0.1) is 0 Å². The van der Waals surface area contributed by atoms with Gasteiger partial charge >= 0.3 is 5.97 Å². The van der Waals surface area contributed by atoms with Crippen molar-refractivity contribution in [1.29, 1.82) is 0 Å². The minimum absolute atomic E-state index is 0.150. The lowest BCUT2D eigenvalue weighted by atomic mass is 9.94. The number of methoxy groups -OCH3 is 1. The van der Waals surface area contributed by atoms with Gasteiger partial charge in [-0.2, -0.15) is 0 Å². The number of rotatable bonds is 8. The Morgan fingerprint density at radius 2 is 1.80 bits per heavy atom. The number of esters is 1. The minimum atomic E-state index is -0.318. The Kier molecular flexibility index (Phi) is 5.80. The van der Waals surface area contributed by atoms with E-state index in [0.717, 1.165) is 5.39 Å². The molecular weight excluding hydrogens is 406 g/mol. The quantitative estimate of drug-likeness (QED) is 0.235. The summed E-state index contributed by atoms with van der Waals surface area (Å²) in [6.07, 6.45) is 1.24. The number of hydrogen-bond donors (Lipinski definition) is 0. The fourth-order valence-electron chi connectivity index (χ4n) is 3.37. The summed E-state index contributed by atoms with van der Waals surface area (Å²) < 4.78 is 10.2. The van der Waals surface area contributed by atoms with Crippen molar-refractivity contribution in [2.45, 2.75) is 24.5 Å². The molecule has 8 nitrogen and oxygen atoms in total. The summed E-state index contributed by atoms with van der Waals surface area (Å²) in [4.78, 5) is 38.1. The number of amides is 2. The van der Waals surface area contributed by atoms with Crippen molar-refractivity contribution in [2.75, 3.05) is 19.4 Å². The Bertz CT molecular complexity index is 1080. The first-order valence-corrected chi connectivity index (χ1v) is 10.5. The van der Waals surface area contributed by atoms with Crippen LogP contribution < -0.4 is 0 Å². The van der Waals surface area contributed by atoms with Gasteiger partial charge in [0, 0.05) is 41.7 Å². The SMILES string of the molecule is COC(=O)CCCSc1nnc(CCN2C(=O)c3cccc4cccc(c34)C2=O)o1. The Balaban J connectivity index is 1.39. The molecule has 1 aromatic heterocycles. The molecule has 0 fully saturated rings. The van der Waals surface area contributed by atoms with E-state index in [9.17, 15) is 14.4 Å². The lowest BCUT2D eigenvalue weighted by Gasteiger charge is -2.26. The van der Waals surface area contributed by atoms with E-state index in [1.165, 1.54) is 23.8 Å². The molecule has 0 radical (unpaired) electrons. The highest BCUT2D eigenvalue weighted by atomic mass is 32.2. The number of aromatic nitrogens is 2. The van der Waals surface area contributed by atoms with Gasteiger partial charge in [-0.15, -0.1) is 10.2 Å². The largest absolute Gasteiger partial charge is 0.469 e. The van der Waals surface area contributed by atoms with Crippen LogP contribution >= 0.6 is 11.8 Å². The van der Waals surface area contributed by atoms with Crippen LogP contribution in [0.25, 0.3) is 10.8 Å². The van der Waals surface area contributed by atoms with Crippen LogP contribution in [-0.2, 0) is 16.0 Å². The standard InChI is InChI=1S/C21H19N3O5S/c1-28-17(25)9-4-12-30-21-23-22-16(29-21)10-11-24-19(26)14-7-2-5-13-6-3-8-15(18(13)14)20(24)27/h2-3,5-8H,4,9-12H2,1H3. The predicted molar refractivity (Wildman–Crippen MR) is 109 cm³/mol. The summed E-state index contributed by atoms with van der Waals surface area (Å²) >= 11 is 1.35. The third-order valence-electron chi connectivity index (χ3n) is 4.83. The number of carbonyl (C=O) groups is 3. The second-order valence-corrected chi connectivity index (χ2v) is 7.76. The summed E-state index contributed by atoms with van der Waals surface area (Å²) in [6, 6.07) is 10.9. The van der Waals surface area contributed by atoms with Gasteiger partial charge in [0.15, 0.2) is 0 Å². The second kappa shape index (κ2) is 8.66. The summed E-state index contributed by atoms with van der Waals surface area (Å²) in [6.45, 7) is 0.150. The highest BCUT2D eigenvalue weighted by molar-refractivity contribution is 7.99. The summed E-state index contributed by atoms with van der Waals surface area (Å²) in [7, 11) is 1.36. The van der Waals surface area contributed by atoms with Crippen LogP contribution in [-0.4, -0.2) is 52.3 Å². The normalized spacial score (nSPS) is 13.2. The number of ether oxygens (including phenoxy) is 1. The van der Waals surface area contributed by atoms with E-state index in [-0.39, 0.29) is 30.7 Å². The van der Waals surface area contributed by atoms with E-state index in [1.807, 2.05) is 24.3 Å². The molecular formula is C21H19N3O5S. The molecule has 1 aliphatic heterocycles. The number of imide groups is 1. The first-order chi connectivity index (χ1) is 14.6. The van der Waals surface area contributed by atoms with Gasteiger partial charge in [-0.05, 0) is 23.9 Å². The highest BCUT2D eigenvalue weighted by Gasteiger charge is 2.32. The van der Waals surface area contributed by atoms with E-state index in [1.54, 1.807) is 12.1 Å². The van der Waals surface area contributed by atoms with Crippen molar-refractivity contribution in [3.05, 3.63) is 53.4 Å². The van der Waals surface area contributed by atoms with Crippen molar-refractivity contribution in [2.24, 2.45) is 0 Å². The Labute approximate surface area is 176 Å². The molecule has 0 saturated carbocycles. The lowest BCUT2D eigenvalue weighted by Crippen LogP contribution is -2.41. The molecule has 0 aliphatic carbocycles. The highest BCUT2D eigenvalue weighted by Crippen LogP contribution is 2.30. The molecule has 4 rings (SSSR count). The third-order valence-corrected chi connectivity index (χ3v) is 5.74. The van der Waals surface area contributed by atoms with E-state index in [4.69, 9.17) is 4.42 Å². The number of hydrogen-bond acceptors (Lipinski definition) is 8. The molecule has 0 saturated heterocycles. The van der Waals surface area contributed by atoms with E-state index >= 15 is 0 Å². The molecule has 0 bridgehead atoms. The zero-order chi connectivity index (χ0) is 21.1.